The molecule has 34 heavy (non-hydrogen) atoms. The zero-order valence-electron chi connectivity index (χ0n) is 21.4. The number of methoxy groups -OCH3 is 1. The van der Waals surface area contributed by atoms with Crippen LogP contribution < -0.4 is 20.5 Å². The fraction of sp³-hybridized carbons (Fsp3) is 0.481. The molecular formula is C27H39N3O3S. The van der Waals surface area contributed by atoms with Gasteiger partial charge in [0.05, 0.1) is 18.4 Å². The Hall–Kier alpha value is -2.64. The number of carbonyl (C=O) groups excluding carboxylic acids is 1. The number of carbonyl (C=O) groups is 1. The summed E-state index contributed by atoms with van der Waals surface area (Å²) in [6.45, 7) is 13.3. The highest BCUT2D eigenvalue weighted by molar-refractivity contribution is 7.10. The van der Waals surface area contributed by atoms with Gasteiger partial charge in [-0.15, -0.1) is 6.58 Å². The predicted molar refractivity (Wildman–Crippen MR) is 144 cm³/mol. The standard InChI is InChI=1S/C18H20N2O3S.C9H19N/c1-4-5-12-6-7-13(10-21)15(16(12)23-3)20(14-8-9-14)18-11(2)17(22)19-24-18;1-5-9(6-2)8(3)7-10-4/h4,6-7,10,14H,1,5,8-9H2,2-3H3,(H,19,22);10H,5-7H2,1-4H3. The van der Waals surface area contributed by atoms with Crippen LogP contribution in [0, 0.1) is 6.92 Å². The number of ether oxygens (including phenoxy) is 1. The molecule has 1 aliphatic carbocycles. The third-order valence-electron chi connectivity index (χ3n) is 6.11. The number of aromatic amines is 1. The first-order valence-corrected chi connectivity index (χ1v) is 12.7. The van der Waals surface area contributed by atoms with E-state index in [9.17, 15) is 9.59 Å². The Morgan fingerprint density at radius 2 is 2.00 bits per heavy atom. The minimum absolute atomic E-state index is 0.0884. The number of likely N-dealkylation sites (N-methyl/N-ethyl adjacent to an activating group) is 1. The van der Waals surface area contributed by atoms with Gasteiger partial charge >= 0.3 is 0 Å². The second kappa shape index (κ2) is 13.3. The van der Waals surface area contributed by atoms with Crippen molar-refractivity contribution in [1.29, 1.82) is 0 Å². The van der Waals surface area contributed by atoms with Crippen molar-refractivity contribution in [2.24, 2.45) is 0 Å². The molecule has 0 unspecified atom stereocenters. The monoisotopic (exact) mass is 485 g/mol. The minimum Gasteiger partial charge on any atom is -0.494 e. The minimum atomic E-state index is -0.0884. The van der Waals surface area contributed by atoms with Crippen molar-refractivity contribution in [3.8, 4) is 5.75 Å². The second-order valence-electron chi connectivity index (χ2n) is 8.49. The molecule has 0 bridgehead atoms. The fourth-order valence-electron chi connectivity index (χ4n) is 4.12. The normalized spacial score (nSPS) is 12.4. The van der Waals surface area contributed by atoms with Crippen molar-refractivity contribution in [2.75, 3.05) is 25.6 Å². The predicted octanol–water partition coefficient (Wildman–Crippen LogP) is 5.94. The molecule has 3 rings (SSSR count). The van der Waals surface area contributed by atoms with Crippen LogP contribution in [0.2, 0.25) is 0 Å². The van der Waals surface area contributed by atoms with Gasteiger partial charge in [-0.2, -0.15) is 0 Å². The summed E-state index contributed by atoms with van der Waals surface area (Å²) < 4.78 is 8.45. The van der Waals surface area contributed by atoms with E-state index in [1.807, 2.05) is 25.3 Å². The van der Waals surface area contributed by atoms with Gasteiger partial charge in [0, 0.05) is 23.7 Å². The van der Waals surface area contributed by atoms with Crippen molar-refractivity contribution in [3.63, 3.8) is 0 Å². The van der Waals surface area contributed by atoms with Crippen molar-refractivity contribution in [3.05, 3.63) is 63.0 Å². The Morgan fingerprint density at radius 3 is 2.44 bits per heavy atom. The zero-order valence-corrected chi connectivity index (χ0v) is 22.2. The smallest absolute Gasteiger partial charge is 0.263 e. The molecule has 0 amide bonds. The Morgan fingerprint density at radius 1 is 1.32 bits per heavy atom. The Balaban J connectivity index is 0.000000347. The first-order valence-electron chi connectivity index (χ1n) is 11.9. The number of rotatable bonds is 11. The molecule has 1 saturated carbocycles. The number of hydrogen-bond donors (Lipinski definition) is 2. The molecule has 186 valence electrons. The SMILES string of the molecule is C=CCc1ccc(C=O)c(N(c2s[nH]c(=O)c2C)C2CC2)c1OC.CCC(CC)=C(C)CNC. The lowest BCUT2D eigenvalue weighted by Crippen LogP contribution is -2.22. The van der Waals surface area contributed by atoms with Crippen LogP contribution in [0.15, 0.2) is 40.7 Å². The van der Waals surface area contributed by atoms with Crippen molar-refractivity contribution in [1.82, 2.24) is 9.69 Å². The average molecular weight is 486 g/mol. The quantitative estimate of drug-likeness (QED) is 0.304. The van der Waals surface area contributed by atoms with Gasteiger partial charge in [0.2, 0.25) is 0 Å². The largest absolute Gasteiger partial charge is 0.494 e. The van der Waals surface area contributed by atoms with E-state index in [1.54, 1.807) is 19.6 Å². The lowest BCUT2D eigenvalue weighted by molar-refractivity contribution is 0.112. The average Bonchev–Trinajstić information content (AvgIpc) is 3.62. The molecule has 6 nitrogen and oxygen atoms in total. The molecular weight excluding hydrogens is 446 g/mol. The van der Waals surface area contributed by atoms with Crippen LogP contribution in [0.5, 0.6) is 5.75 Å². The van der Waals surface area contributed by atoms with Gasteiger partial charge in [0.15, 0.2) is 6.29 Å². The molecule has 1 aromatic heterocycles. The Bertz CT molecular complexity index is 1060. The molecule has 1 fully saturated rings. The molecule has 2 N–H and O–H groups in total. The zero-order chi connectivity index (χ0) is 25.3. The Kier molecular flexibility index (Phi) is 10.8. The molecule has 1 aromatic carbocycles. The first kappa shape index (κ1) is 27.6. The number of allylic oxidation sites excluding steroid dienone is 2. The third kappa shape index (κ3) is 6.48. The number of nitrogens with one attached hydrogen (secondary N) is 2. The van der Waals surface area contributed by atoms with Crippen LogP contribution in [-0.4, -0.2) is 37.4 Å². The highest BCUT2D eigenvalue weighted by atomic mass is 32.1. The van der Waals surface area contributed by atoms with E-state index >= 15 is 0 Å². The van der Waals surface area contributed by atoms with Crippen LogP contribution in [0.4, 0.5) is 10.7 Å². The van der Waals surface area contributed by atoms with E-state index in [0.29, 0.717) is 23.3 Å². The van der Waals surface area contributed by atoms with E-state index in [4.69, 9.17) is 4.74 Å². The van der Waals surface area contributed by atoms with E-state index < -0.39 is 0 Å². The van der Waals surface area contributed by atoms with E-state index in [-0.39, 0.29) is 11.6 Å². The van der Waals surface area contributed by atoms with Crippen LogP contribution in [0.3, 0.4) is 0 Å². The summed E-state index contributed by atoms with van der Waals surface area (Å²) in [5.74, 6) is 0.673. The molecule has 0 spiro atoms. The highest BCUT2D eigenvalue weighted by Gasteiger charge is 2.36. The lowest BCUT2D eigenvalue weighted by Gasteiger charge is -2.28. The first-order chi connectivity index (χ1) is 16.4. The second-order valence-corrected chi connectivity index (χ2v) is 9.29. The maximum Gasteiger partial charge on any atom is 0.263 e. The third-order valence-corrected chi connectivity index (χ3v) is 7.10. The van der Waals surface area contributed by atoms with Gasteiger partial charge in [-0.1, -0.05) is 37.1 Å². The number of aldehydes is 1. The van der Waals surface area contributed by atoms with Gasteiger partial charge in [-0.05, 0) is 70.6 Å². The number of H-pyrrole nitrogens is 1. The van der Waals surface area contributed by atoms with E-state index in [1.165, 1.54) is 29.9 Å². The number of benzene rings is 1. The van der Waals surface area contributed by atoms with Crippen molar-refractivity contribution >= 4 is 28.5 Å². The van der Waals surface area contributed by atoms with Crippen molar-refractivity contribution < 1.29 is 9.53 Å². The molecule has 0 radical (unpaired) electrons. The molecule has 2 aromatic rings. The fourth-order valence-corrected chi connectivity index (χ4v) is 5.04. The summed E-state index contributed by atoms with van der Waals surface area (Å²) in [6, 6.07) is 3.98. The van der Waals surface area contributed by atoms with Crippen LogP contribution in [0.1, 0.15) is 67.9 Å². The van der Waals surface area contributed by atoms with Gasteiger partial charge in [0.25, 0.3) is 5.56 Å². The summed E-state index contributed by atoms with van der Waals surface area (Å²) in [5, 5.41) is 4.01. The molecule has 1 heterocycles. The van der Waals surface area contributed by atoms with Gasteiger partial charge < -0.3 is 15.0 Å². The topological polar surface area (TPSA) is 74.4 Å². The maximum absolute atomic E-state index is 11.9. The van der Waals surface area contributed by atoms with E-state index in [0.717, 1.165) is 41.9 Å². The number of aromatic nitrogens is 1. The number of anilines is 2. The lowest BCUT2D eigenvalue weighted by atomic mass is 10.0. The number of hydrogen-bond acceptors (Lipinski definition) is 6. The maximum atomic E-state index is 11.9. The summed E-state index contributed by atoms with van der Waals surface area (Å²) in [5.41, 5.74) is 5.95. The molecule has 0 aliphatic heterocycles. The van der Waals surface area contributed by atoms with Crippen LogP contribution >= 0.6 is 11.5 Å². The van der Waals surface area contributed by atoms with Gasteiger partial charge in [-0.3, -0.25) is 14.0 Å². The summed E-state index contributed by atoms with van der Waals surface area (Å²) >= 11 is 1.30. The summed E-state index contributed by atoms with van der Waals surface area (Å²) in [7, 11) is 3.60. The number of nitrogens with zero attached hydrogens (tertiary/aromatic N) is 1. The van der Waals surface area contributed by atoms with E-state index in [2.05, 4.69) is 41.9 Å². The molecule has 1 aliphatic rings. The summed E-state index contributed by atoms with van der Waals surface area (Å²) in [4.78, 5) is 25.7. The van der Waals surface area contributed by atoms with Gasteiger partial charge in [0.1, 0.15) is 10.8 Å². The van der Waals surface area contributed by atoms with Crippen LogP contribution in [0.25, 0.3) is 0 Å². The highest BCUT2D eigenvalue weighted by Crippen LogP contribution is 2.47. The molecule has 7 heteroatoms. The van der Waals surface area contributed by atoms with Crippen molar-refractivity contribution in [2.45, 2.75) is 65.8 Å². The van der Waals surface area contributed by atoms with Crippen LogP contribution in [-0.2, 0) is 6.42 Å². The summed E-state index contributed by atoms with van der Waals surface area (Å²) in [6.07, 6.45) is 7.75. The molecule has 0 atom stereocenters. The Labute approximate surface area is 207 Å². The van der Waals surface area contributed by atoms with Gasteiger partial charge in [-0.25, -0.2) is 0 Å². The molecule has 0 saturated heterocycles.